The van der Waals surface area contributed by atoms with Gasteiger partial charge in [0.15, 0.2) is 0 Å². The molecule has 0 saturated heterocycles. The molecule has 1 heterocycles. The molecule has 21 heavy (non-hydrogen) atoms. The second kappa shape index (κ2) is 9.18. The van der Waals surface area contributed by atoms with Gasteiger partial charge in [-0.2, -0.15) is 5.26 Å². The van der Waals surface area contributed by atoms with E-state index in [1.807, 2.05) is 6.07 Å². The summed E-state index contributed by atoms with van der Waals surface area (Å²) in [6.45, 7) is 2.35. The molecule has 0 aliphatic rings. The van der Waals surface area contributed by atoms with E-state index in [0.717, 1.165) is 6.42 Å². The van der Waals surface area contributed by atoms with Crippen molar-refractivity contribution in [3.8, 4) is 6.07 Å². The number of nitrogen functional groups attached to an aromatic ring is 1. The monoisotopic (exact) mass is 312 g/mol. The van der Waals surface area contributed by atoms with Gasteiger partial charge in [0.1, 0.15) is 15.9 Å². The Kier molecular flexibility index (Phi) is 7.53. The van der Waals surface area contributed by atoms with Gasteiger partial charge in [-0.25, -0.2) is 0 Å². The molecule has 1 rings (SSSR count). The molecule has 0 aliphatic carbocycles. The lowest BCUT2D eigenvalue weighted by Crippen LogP contribution is -2.20. The van der Waals surface area contributed by atoms with E-state index in [1.54, 1.807) is 7.11 Å². The molecule has 1 aromatic rings. The quantitative estimate of drug-likeness (QED) is 0.587. The summed E-state index contributed by atoms with van der Waals surface area (Å²) in [5.74, 6) is -0.302. The molecule has 1 amide bonds. The Labute approximate surface area is 128 Å². The number of carbonyl (C=O) groups is 1. The maximum absolute atomic E-state index is 11.8. The number of amides is 1. The number of hydrogen-bond donors (Lipinski definition) is 3. The number of ether oxygens (including phenoxy) is 2. The molecule has 0 atom stereocenters. The first-order valence-corrected chi connectivity index (χ1v) is 7.32. The smallest absolute Gasteiger partial charge is 0.256 e. The lowest BCUT2D eigenvalue weighted by atomic mass is 10.2. The maximum Gasteiger partial charge on any atom is 0.256 e. The zero-order valence-corrected chi connectivity index (χ0v) is 13.0. The van der Waals surface area contributed by atoms with E-state index < -0.39 is 0 Å². The van der Waals surface area contributed by atoms with E-state index in [-0.39, 0.29) is 11.6 Å². The summed E-state index contributed by atoms with van der Waals surface area (Å²) >= 11 is 1.18. The molecule has 1 aromatic heterocycles. The minimum Gasteiger partial charge on any atom is -0.396 e. The summed E-state index contributed by atoms with van der Waals surface area (Å²) in [5, 5.41) is 15.3. The Hall–Kier alpha value is -1.82. The van der Waals surface area contributed by atoms with Crippen molar-refractivity contribution in [3.63, 3.8) is 0 Å². The van der Waals surface area contributed by atoms with Crippen LogP contribution in [0.15, 0.2) is 0 Å². The number of nitrogens with one attached hydrogen (secondary N) is 2. The number of anilines is 2. The standard InChI is InChI=1S/C13H20N4O3S/c1-16-12(18)10-11(15)9(8-14)21-13(10)17-4-3-5-20-7-6-19-2/h17H,3-7,15H2,1-2H3,(H,16,18). The fraction of sp³-hybridized carbons (Fsp3) is 0.538. The van der Waals surface area contributed by atoms with Gasteiger partial charge in [0.25, 0.3) is 5.91 Å². The Morgan fingerprint density at radius 3 is 2.81 bits per heavy atom. The minimum atomic E-state index is -0.302. The van der Waals surface area contributed by atoms with E-state index in [4.69, 9.17) is 20.5 Å². The van der Waals surface area contributed by atoms with E-state index in [2.05, 4.69) is 10.6 Å². The highest BCUT2D eigenvalue weighted by molar-refractivity contribution is 7.17. The van der Waals surface area contributed by atoms with Gasteiger partial charge in [0.05, 0.1) is 24.5 Å². The fourth-order valence-corrected chi connectivity index (χ4v) is 2.56. The molecular weight excluding hydrogens is 292 g/mol. The Morgan fingerprint density at radius 2 is 2.19 bits per heavy atom. The first kappa shape index (κ1) is 17.2. The average Bonchev–Trinajstić information content (AvgIpc) is 2.81. The molecular formula is C13H20N4O3S. The van der Waals surface area contributed by atoms with Crippen molar-refractivity contribution in [2.24, 2.45) is 0 Å². The highest BCUT2D eigenvalue weighted by atomic mass is 32.1. The Bertz CT molecular complexity index is 510. The summed E-state index contributed by atoms with van der Waals surface area (Å²) in [5.41, 5.74) is 6.38. The van der Waals surface area contributed by atoms with E-state index in [1.165, 1.54) is 18.4 Å². The number of methoxy groups -OCH3 is 1. The Morgan fingerprint density at radius 1 is 1.43 bits per heavy atom. The average molecular weight is 312 g/mol. The van der Waals surface area contributed by atoms with E-state index >= 15 is 0 Å². The third-order valence-corrected chi connectivity index (χ3v) is 3.75. The lowest BCUT2D eigenvalue weighted by molar-refractivity contribution is 0.0705. The topological polar surface area (TPSA) is 109 Å². The molecule has 7 nitrogen and oxygen atoms in total. The highest BCUT2D eigenvalue weighted by Gasteiger charge is 2.20. The number of rotatable bonds is 9. The molecule has 8 heteroatoms. The summed E-state index contributed by atoms with van der Waals surface area (Å²) in [7, 11) is 3.15. The summed E-state index contributed by atoms with van der Waals surface area (Å²) < 4.78 is 10.2. The molecule has 0 spiro atoms. The van der Waals surface area contributed by atoms with Crippen molar-refractivity contribution < 1.29 is 14.3 Å². The molecule has 0 aliphatic heterocycles. The van der Waals surface area contributed by atoms with Crippen LogP contribution in [0.4, 0.5) is 10.7 Å². The van der Waals surface area contributed by atoms with Gasteiger partial charge in [-0.1, -0.05) is 0 Å². The number of nitrogens with zero attached hydrogens (tertiary/aromatic N) is 1. The van der Waals surface area contributed by atoms with Gasteiger partial charge in [-0.05, 0) is 6.42 Å². The molecule has 0 radical (unpaired) electrons. The van der Waals surface area contributed by atoms with Gasteiger partial charge >= 0.3 is 0 Å². The summed E-state index contributed by atoms with van der Waals surface area (Å²) in [6, 6.07) is 1.99. The number of carbonyl (C=O) groups excluding carboxylic acids is 1. The maximum atomic E-state index is 11.8. The van der Waals surface area contributed by atoms with Crippen molar-refractivity contribution in [2.75, 3.05) is 51.6 Å². The van der Waals surface area contributed by atoms with Crippen molar-refractivity contribution in [2.45, 2.75) is 6.42 Å². The van der Waals surface area contributed by atoms with E-state index in [0.29, 0.717) is 41.8 Å². The molecule has 0 aromatic carbocycles. The van der Waals surface area contributed by atoms with Gasteiger partial charge < -0.3 is 25.8 Å². The van der Waals surface area contributed by atoms with Crippen LogP contribution in [-0.2, 0) is 9.47 Å². The van der Waals surface area contributed by atoms with Crippen molar-refractivity contribution in [3.05, 3.63) is 10.4 Å². The van der Waals surface area contributed by atoms with Crippen molar-refractivity contribution >= 4 is 27.9 Å². The van der Waals surface area contributed by atoms with E-state index in [9.17, 15) is 4.79 Å². The van der Waals surface area contributed by atoms with Crippen molar-refractivity contribution in [1.82, 2.24) is 5.32 Å². The van der Waals surface area contributed by atoms with Crippen LogP contribution in [0.3, 0.4) is 0 Å². The van der Waals surface area contributed by atoms with Crippen LogP contribution in [0.5, 0.6) is 0 Å². The number of nitrogens with two attached hydrogens (primary N) is 1. The van der Waals surface area contributed by atoms with Crippen LogP contribution in [0.1, 0.15) is 21.7 Å². The van der Waals surface area contributed by atoms with Gasteiger partial charge in [-0.3, -0.25) is 4.79 Å². The van der Waals surface area contributed by atoms with Crippen LogP contribution in [0, 0.1) is 11.3 Å². The molecule has 0 fully saturated rings. The third kappa shape index (κ3) is 4.90. The molecule has 4 N–H and O–H groups in total. The zero-order chi connectivity index (χ0) is 15.7. The predicted molar refractivity (Wildman–Crippen MR) is 82.6 cm³/mol. The zero-order valence-electron chi connectivity index (χ0n) is 12.2. The number of nitriles is 1. The van der Waals surface area contributed by atoms with Crippen LogP contribution < -0.4 is 16.4 Å². The van der Waals surface area contributed by atoms with Crippen LogP contribution in [-0.4, -0.2) is 46.4 Å². The largest absolute Gasteiger partial charge is 0.396 e. The lowest BCUT2D eigenvalue weighted by Gasteiger charge is -2.07. The van der Waals surface area contributed by atoms with Crippen LogP contribution in [0.2, 0.25) is 0 Å². The first-order chi connectivity index (χ1) is 10.2. The SMILES string of the molecule is CNC(=O)c1c(NCCCOCCOC)sc(C#N)c1N. The number of hydrogen-bond acceptors (Lipinski definition) is 7. The van der Waals surface area contributed by atoms with Crippen molar-refractivity contribution in [1.29, 1.82) is 5.26 Å². The van der Waals surface area contributed by atoms with Gasteiger partial charge in [0.2, 0.25) is 0 Å². The first-order valence-electron chi connectivity index (χ1n) is 6.50. The van der Waals surface area contributed by atoms with Gasteiger partial charge in [0, 0.05) is 27.3 Å². The van der Waals surface area contributed by atoms with Crippen LogP contribution in [0.25, 0.3) is 0 Å². The van der Waals surface area contributed by atoms with Gasteiger partial charge in [-0.15, -0.1) is 11.3 Å². The Balaban J connectivity index is 2.55. The minimum absolute atomic E-state index is 0.223. The highest BCUT2D eigenvalue weighted by Crippen LogP contribution is 2.35. The molecule has 0 bridgehead atoms. The third-order valence-electron chi connectivity index (χ3n) is 2.68. The summed E-state index contributed by atoms with van der Waals surface area (Å²) in [6.07, 6.45) is 0.774. The fourth-order valence-electron chi connectivity index (χ4n) is 1.62. The number of thiophene rings is 1. The molecule has 0 unspecified atom stereocenters. The normalized spacial score (nSPS) is 10.1. The second-order valence-electron chi connectivity index (χ2n) is 4.13. The molecule has 116 valence electrons. The summed E-state index contributed by atoms with van der Waals surface area (Å²) in [4.78, 5) is 12.2. The van der Waals surface area contributed by atoms with Crippen LogP contribution >= 0.6 is 11.3 Å². The second-order valence-corrected chi connectivity index (χ2v) is 5.15. The molecule has 0 saturated carbocycles. The predicted octanol–water partition coefficient (Wildman–Crippen LogP) is 1.03.